The second-order valence-corrected chi connectivity index (χ2v) is 7.78. The van der Waals surface area contributed by atoms with Crippen molar-refractivity contribution < 1.29 is 34.2 Å². The van der Waals surface area contributed by atoms with Crippen molar-refractivity contribution >= 4 is 53.0 Å². The van der Waals surface area contributed by atoms with Gasteiger partial charge in [0.25, 0.3) is 17.5 Å². The lowest BCUT2D eigenvalue weighted by atomic mass is 9.94. The van der Waals surface area contributed by atoms with Gasteiger partial charge in [0.1, 0.15) is 23.8 Å². The maximum absolute atomic E-state index is 12.1. The second kappa shape index (κ2) is 9.38. The topological polar surface area (TPSA) is 227 Å². The molecule has 182 valence electrons. The minimum atomic E-state index is -1.48. The maximum atomic E-state index is 12.1. The van der Waals surface area contributed by atoms with E-state index in [4.69, 9.17) is 22.1 Å². The first-order chi connectivity index (χ1) is 16.2. The zero-order valence-electron chi connectivity index (χ0n) is 17.5. The predicted octanol–water partition coefficient (Wildman–Crippen LogP) is -4.12. The van der Waals surface area contributed by atoms with Crippen molar-refractivity contribution in [2.24, 2.45) is 4.99 Å². The van der Waals surface area contributed by atoms with Crippen LogP contribution in [-0.4, -0.2) is 104 Å². The molecule has 16 heteroatoms. The SMILES string of the molecule is Nc1nc2c(c(=O)[nH]1)N=C[N+]2=C1OC(CNC2=C(NCCNC(=O)CCl)C(O)C2=O)C(O)C1O. The fourth-order valence-corrected chi connectivity index (χ4v) is 3.66. The number of nitrogen functional groups attached to an aromatic ring is 1. The molecule has 0 saturated carbocycles. The van der Waals surface area contributed by atoms with Gasteiger partial charge in [-0.15, -0.1) is 11.6 Å². The lowest BCUT2D eigenvalue weighted by Gasteiger charge is -2.30. The summed E-state index contributed by atoms with van der Waals surface area (Å²) >= 11 is 5.39. The number of aliphatic hydroxyl groups excluding tert-OH is 3. The van der Waals surface area contributed by atoms with E-state index >= 15 is 0 Å². The number of amides is 1. The minimum Gasteiger partial charge on any atom is -0.461 e. The Morgan fingerprint density at radius 3 is 2.76 bits per heavy atom. The maximum Gasteiger partial charge on any atom is 0.322 e. The molecule has 4 unspecified atom stereocenters. The van der Waals surface area contributed by atoms with Crippen LogP contribution in [-0.2, 0) is 14.3 Å². The number of ether oxygens (including phenoxy) is 1. The molecule has 4 rings (SSSR count). The van der Waals surface area contributed by atoms with Crippen LogP contribution in [0.4, 0.5) is 17.5 Å². The number of carbonyl (C=O) groups is 2. The number of aromatic amines is 1. The zero-order chi connectivity index (χ0) is 24.6. The van der Waals surface area contributed by atoms with Gasteiger partial charge in [0.05, 0.1) is 12.2 Å². The summed E-state index contributed by atoms with van der Waals surface area (Å²) < 4.78 is 6.88. The Bertz CT molecular complexity index is 1180. The highest BCUT2D eigenvalue weighted by Crippen LogP contribution is 2.28. The highest BCUT2D eigenvalue weighted by atomic mass is 35.5. The summed E-state index contributed by atoms with van der Waals surface area (Å²) in [6.45, 7) is 0.348. The number of fused-ring (bicyclic) bond motifs is 1. The largest absolute Gasteiger partial charge is 0.461 e. The monoisotopic (exact) mass is 497 g/mol. The van der Waals surface area contributed by atoms with E-state index in [1.165, 1.54) is 10.9 Å². The van der Waals surface area contributed by atoms with Crippen molar-refractivity contribution in [2.45, 2.75) is 24.4 Å². The number of aliphatic hydroxyl groups is 3. The van der Waals surface area contributed by atoms with Crippen LogP contribution in [0.5, 0.6) is 0 Å². The molecule has 3 heterocycles. The van der Waals surface area contributed by atoms with Gasteiger partial charge in [-0.05, 0) is 0 Å². The Hall–Kier alpha value is -3.53. The van der Waals surface area contributed by atoms with E-state index in [2.05, 4.69) is 30.9 Å². The molecule has 9 N–H and O–H groups in total. The number of alkyl halides is 1. The minimum absolute atomic E-state index is 0.0313. The van der Waals surface area contributed by atoms with Gasteiger partial charge in [0.2, 0.25) is 18.0 Å². The van der Waals surface area contributed by atoms with E-state index in [0.717, 1.165) is 0 Å². The van der Waals surface area contributed by atoms with Crippen LogP contribution in [0.2, 0.25) is 0 Å². The van der Waals surface area contributed by atoms with E-state index in [1.54, 1.807) is 0 Å². The number of H-pyrrole nitrogens is 1. The van der Waals surface area contributed by atoms with Crippen LogP contribution in [0, 0.1) is 0 Å². The third-order valence-electron chi connectivity index (χ3n) is 5.29. The fraction of sp³-hybridized carbons (Fsp3) is 0.444. The lowest BCUT2D eigenvalue weighted by molar-refractivity contribution is -0.313. The van der Waals surface area contributed by atoms with Crippen LogP contribution in [0.25, 0.3) is 0 Å². The first-order valence-corrected chi connectivity index (χ1v) is 10.7. The van der Waals surface area contributed by atoms with E-state index in [1.807, 2.05) is 0 Å². The average Bonchev–Trinajstić information content (AvgIpc) is 3.35. The van der Waals surface area contributed by atoms with E-state index in [9.17, 15) is 29.7 Å². The van der Waals surface area contributed by atoms with Gasteiger partial charge in [0.15, 0.2) is 12.2 Å². The number of nitrogens with two attached hydrogens (primary N) is 1. The molecule has 0 aromatic carbocycles. The number of nitrogens with zero attached hydrogens (tertiary/aromatic N) is 3. The van der Waals surface area contributed by atoms with Crippen molar-refractivity contribution in [1.29, 1.82) is 0 Å². The molecule has 1 amide bonds. The standard InChI is InChI=1S/C18H21ClN8O7/c19-3-7(28)21-1-2-22-8-9(13(31)12(8)30)23-4-6-11(29)14(32)17(34-6)27-5-24-10-15(27)25-18(20)26-16(10)33/h5-6,11-12,14,23,29-30,32H,1-4H2,(H4-,20,21,22,25,26,28,31,33)/p+1. The molecule has 2 aliphatic heterocycles. The van der Waals surface area contributed by atoms with E-state index in [0.29, 0.717) is 0 Å². The number of hydrogen-bond acceptors (Lipinski definition) is 12. The highest BCUT2D eigenvalue weighted by molar-refractivity contribution is 6.27. The van der Waals surface area contributed by atoms with E-state index in [-0.39, 0.29) is 66.2 Å². The molecule has 1 aliphatic carbocycles. The van der Waals surface area contributed by atoms with Gasteiger partial charge in [-0.1, -0.05) is 9.98 Å². The number of anilines is 1. The Kier molecular flexibility index (Phi) is 6.52. The van der Waals surface area contributed by atoms with Gasteiger partial charge in [-0.2, -0.15) is 4.58 Å². The molecule has 1 saturated heterocycles. The van der Waals surface area contributed by atoms with Crippen molar-refractivity contribution in [2.75, 3.05) is 31.2 Å². The van der Waals surface area contributed by atoms with Crippen molar-refractivity contribution in [3.63, 3.8) is 0 Å². The predicted molar refractivity (Wildman–Crippen MR) is 117 cm³/mol. The molecular formula is C18H22ClN8O7+. The first-order valence-electron chi connectivity index (χ1n) is 10.1. The highest BCUT2D eigenvalue weighted by Gasteiger charge is 2.46. The molecule has 4 atom stereocenters. The molecule has 1 fully saturated rings. The van der Waals surface area contributed by atoms with Crippen molar-refractivity contribution in [3.8, 4) is 0 Å². The fourth-order valence-electron chi connectivity index (χ4n) is 3.57. The third-order valence-corrected chi connectivity index (χ3v) is 5.54. The molecule has 1 aromatic heterocycles. The number of nitrogens with one attached hydrogen (secondary N) is 4. The van der Waals surface area contributed by atoms with Gasteiger partial charge < -0.3 is 41.7 Å². The normalized spacial score (nSPS) is 27.4. The van der Waals surface area contributed by atoms with Crippen LogP contribution in [0.3, 0.4) is 0 Å². The summed E-state index contributed by atoms with van der Waals surface area (Å²) in [5.41, 5.74) is 5.27. The molecule has 34 heavy (non-hydrogen) atoms. The summed E-state index contributed by atoms with van der Waals surface area (Å²) in [4.78, 5) is 45.4. The second-order valence-electron chi connectivity index (χ2n) is 7.51. The van der Waals surface area contributed by atoms with E-state index < -0.39 is 35.8 Å². The molecule has 0 bridgehead atoms. The first kappa shape index (κ1) is 23.6. The van der Waals surface area contributed by atoms with Crippen LogP contribution < -0.4 is 27.2 Å². The van der Waals surface area contributed by atoms with Crippen molar-refractivity contribution in [1.82, 2.24) is 25.9 Å². The number of ketones is 1. The lowest BCUT2D eigenvalue weighted by Crippen LogP contribution is -2.51. The molecule has 15 nitrogen and oxygen atoms in total. The number of Topliss-reactive ketones (excluding diaryl/α,β-unsaturated/α-hetero) is 1. The summed E-state index contributed by atoms with van der Waals surface area (Å²) in [5.74, 6) is -1.36. The summed E-state index contributed by atoms with van der Waals surface area (Å²) in [5, 5.41) is 39.0. The van der Waals surface area contributed by atoms with Gasteiger partial charge in [0, 0.05) is 13.1 Å². The van der Waals surface area contributed by atoms with Gasteiger partial charge in [-0.25, -0.2) is 0 Å². The Morgan fingerprint density at radius 1 is 1.26 bits per heavy atom. The number of halogens is 1. The van der Waals surface area contributed by atoms with Crippen LogP contribution in [0.1, 0.15) is 0 Å². The number of aromatic nitrogens is 2. The molecule has 0 radical (unpaired) electrons. The number of carbonyl (C=O) groups excluding carboxylic acids is 2. The average molecular weight is 498 g/mol. The zero-order valence-corrected chi connectivity index (χ0v) is 18.2. The molecule has 3 aliphatic rings. The van der Waals surface area contributed by atoms with Gasteiger partial charge in [-0.3, -0.25) is 19.4 Å². The number of hydrogen-bond donors (Lipinski definition) is 8. The Balaban J connectivity index is 1.44. The van der Waals surface area contributed by atoms with Crippen molar-refractivity contribution in [3.05, 3.63) is 21.7 Å². The van der Waals surface area contributed by atoms with Crippen LogP contribution >= 0.6 is 11.6 Å². The Morgan fingerprint density at radius 2 is 2.03 bits per heavy atom. The quantitative estimate of drug-likeness (QED) is 0.0976. The summed E-state index contributed by atoms with van der Waals surface area (Å²) in [7, 11) is 0. The number of aliphatic imine (C=N–C) groups is 1. The van der Waals surface area contributed by atoms with Gasteiger partial charge >= 0.3 is 11.4 Å². The molecule has 0 spiro atoms. The third kappa shape index (κ3) is 4.21. The molecular weight excluding hydrogens is 476 g/mol. The number of rotatable bonds is 8. The smallest absolute Gasteiger partial charge is 0.322 e. The Labute approximate surface area is 196 Å². The summed E-state index contributed by atoms with van der Waals surface area (Å²) in [6, 6.07) is 0. The van der Waals surface area contributed by atoms with Crippen LogP contribution in [0.15, 0.2) is 21.2 Å². The molecule has 1 aromatic rings. The summed E-state index contributed by atoms with van der Waals surface area (Å²) in [6.07, 6.45) is -4.01.